The minimum Gasteiger partial charge on any atom is -0.321 e. The van der Waals surface area contributed by atoms with Crippen LogP contribution in [0.4, 0.5) is 4.39 Å². The van der Waals surface area contributed by atoms with E-state index in [1.54, 1.807) is 12.1 Å². The Hall–Kier alpha value is -1.42. The fraction of sp³-hybridized carbons (Fsp3) is 0.533. The number of rotatable bonds is 3. The molecule has 1 saturated heterocycles. The molecule has 4 heteroatoms. The summed E-state index contributed by atoms with van der Waals surface area (Å²) in [5.74, 6) is 0.680. The largest absolute Gasteiger partial charge is 0.321 e. The van der Waals surface area contributed by atoms with E-state index in [1.807, 2.05) is 4.90 Å². The number of halogens is 1. The van der Waals surface area contributed by atoms with Gasteiger partial charge in [-0.25, -0.2) is 4.39 Å². The summed E-state index contributed by atoms with van der Waals surface area (Å²) in [6.45, 7) is 0.843. The van der Waals surface area contributed by atoms with Crippen molar-refractivity contribution in [3.05, 3.63) is 35.6 Å². The zero-order valence-electron chi connectivity index (χ0n) is 10.7. The van der Waals surface area contributed by atoms with Crippen molar-refractivity contribution < 1.29 is 9.18 Å². The monoisotopic (exact) mass is 260 g/mol. The van der Waals surface area contributed by atoms with Crippen LogP contribution in [0.1, 0.15) is 37.4 Å². The molecule has 3 fully saturated rings. The van der Waals surface area contributed by atoms with E-state index in [0.29, 0.717) is 5.92 Å². The van der Waals surface area contributed by atoms with Gasteiger partial charge in [0.25, 0.3) is 0 Å². The van der Waals surface area contributed by atoms with Gasteiger partial charge in [0, 0.05) is 6.54 Å². The Morgan fingerprint density at radius 3 is 2.53 bits per heavy atom. The van der Waals surface area contributed by atoms with Crippen molar-refractivity contribution in [2.45, 2.75) is 37.4 Å². The van der Waals surface area contributed by atoms with Crippen LogP contribution in [0, 0.1) is 11.7 Å². The maximum absolute atomic E-state index is 13.0. The van der Waals surface area contributed by atoms with E-state index in [4.69, 9.17) is 0 Å². The molecule has 19 heavy (non-hydrogen) atoms. The number of carbonyl (C=O) groups excluding carboxylic acids is 1. The molecule has 1 unspecified atom stereocenters. The molecule has 0 bridgehead atoms. The summed E-state index contributed by atoms with van der Waals surface area (Å²) < 4.78 is 13.0. The van der Waals surface area contributed by atoms with Gasteiger partial charge < -0.3 is 4.90 Å². The average Bonchev–Trinajstić information content (AvgIpc) is 3.29. The number of amides is 1. The molecule has 0 aromatic heterocycles. The second-order valence-electron chi connectivity index (χ2n) is 6.08. The minimum atomic E-state index is -0.298. The molecule has 1 spiro atoms. The number of benzene rings is 1. The maximum Gasteiger partial charge on any atom is 0.244 e. The lowest BCUT2D eigenvalue weighted by Crippen LogP contribution is -2.33. The van der Waals surface area contributed by atoms with Gasteiger partial charge in [0.1, 0.15) is 17.5 Å². The molecule has 100 valence electrons. The lowest BCUT2D eigenvalue weighted by atomic mass is 10.1. The van der Waals surface area contributed by atoms with Crippen LogP contribution >= 0.6 is 0 Å². The summed E-state index contributed by atoms with van der Waals surface area (Å²) in [6.07, 6.45) is 4.26. The van der Waals surface area contributed by atoms with Gasteiger partial charge in [0.05, 0.1) is 0 Å². The molecule has 2 saturated carbocycles. The predicted octanol–water partition coefficient (Wildman–Crippen LogP) is 2.20. The second-order valence-corrected chi connectivity index (χ2v) is 6.08. The van der Waals surface area contributed by atoms with E-state index in [9.17, 15) is 9.18 Å². The molecule has 1 N–H and O–H groups in total. The minimum absolute atomic E-state index is 0.0730. The molecular formula is C15H17FN2O. The summed E-state index contributed by atoms with van der Waals surface area (Å²) >= 11 is 0. The van der Waals surface area contributed by atoms with Crippen LogP contribution in [0.3, 0.4) is 0 Å². The Labute approximate surface area is 111 Å². The third-order valence-electron chi connectivity index (χ3n) is 4.48. The number of nitrogens with zero attached hydrogens (tertiary/aromatic N) is 1. The Bertz CT molecular complexity index is 519. The van der Waals surface area contributed by atoms with Crippen LogP contribution in [-0.4, -0.2) is 22.9 Å². The highest BCUT2D eigenvalue weighted by Gasteiger charge is 2.59. The van der Waals surface area contributed by atoms with Gasteiger partial charge in [-0.1, -0.05) is 12.1 Å². The Balaban J connectivity index is 1.64. The fourth-order valence-corrected chi connectivity index (χ4v) is 2.95. The van der Waals surface area contributed by atoms with E-state index < -0.39 is 0 Å². The summed E-state index contributed by atoms with van der Waals surface area (Å²) in [4.78, 5) is 14.5. The lowest BCUT2D eigenvalue weighted by Gasteiger charge is -2.24. The molecule has 1 aromatic rings. The highest BCUT2D eigenvalue weighted by atomic mass is 19.1. The summed E-state index contributed by atoms with van der Waals surface area (Å²) in [7, 11) is 0. The van der Waals surface area contributed by atoms with Crippen molar-refractivity contribution >= 4 is 5.91 Å². The van der Waals surface area contributed by atoms with Gasteiger partial charge in [-0.3, -0.25) is 10.1 Å². The first-order valence-corrected chi connectivity index (χ1v) is 7.02. The number of hydrogen-bond acceptors (Lipinski definition) is 2. The van der Waals surface area contributed by atoms with Crippen LogP contribution < -0.4 is 5.32 Å². The molecule has 1 atom stereocenters. The highest BCUT2D eigenvalue weighted by Crippen LogP contribution is 2.47. The van der Waals surface area contributed by atoms with Gasteiger partial charge in [0.2, 0.25) is 5.91 Å². The van der Waals surface area contributed by atoms with Crippen LogP contribution in [0.2, 0.25) is 0 Å². The normalized spacial score (nSPS) is 28.2. The smallest absolute Gasteiger partial charge is 0.244 e. The van der Waals surface area contributed by atoms with Crippen LogP contribution in [0.15, 0.2) is 24.3 Å². The molecule has 4 rings (SSSR count). The summed E-state index contributed by atoms with van der Waals surface area (Å²) in [5.41, 5.74) is 0.688. The molecule has 1 amide bonds. The van der Waals surface area contributed by atoms with Crippen molar-refractivity contribution in [2.24, 2.45) is 5.92 Å². The highest BCUT2D eigenvalue weighted by molar-refractivity contribution is 5.92. The number of nitrogens with one attached hydrogen (secondary N) is 1. The lowest BCUT2D eigenvalue weighted by molar-refractivity contribution is -0.131. The van der Waals surface area contributed by atoms with E-state index in [-0.39, 0.29) is 23.4 Å². The Morgan fingerprint density at radius 1 is 1.26 bits per heavy atom. The van der Waals surface area contributed by atoms with Crippen LogP contribution in [0.25, 0.3) is 0 Å². The van der Waals surface area contributed by atoms with Gasteiger partial charge in [0.15, 0.2) is 0 Å². The molecule has 1 heterocycles. The standard InChI is InChI=1S/C15H17FN2O/c16-12-5-3-11(4-6-12)13-17-15(7-8-15)14(19)18(13)9-10-1-2-10/h3-6,10,13,17H,1-2,7-9H2. The van der Waals surface area contributed by atoms with Crippen LogP contribution in [0.5, 0.6) is 0 Å². The van der Waals surface area contributed by atoms with E-state index in [2.05, 4.69) is 5.32 Å². The third kappa shape index (κ3) is 1.86. The molecule has 0 radical (unpaired) electrons. The number of hydrogen-bond donors (Lipinski definition) is 1. The first kappa shape index (κ1) is 11.4. The number of carbonyl (C=O) groups is 1. The van der Waals surface area contributed by atoms with Gasteiger partial charge in [-0.2, -0.15) is 0 Å². The van der Waals surface area contributed by atoms with Crippen LogP contribution in [-0.2, 0) is 4.79 Å². The fourth-order valence-electron chi connectivity index (χ4n) is 2.95. The zero-order chi connectivity index (χ0) is 13.0. The first-order chi connectivity index (χ1) is 9.18. The van der Waals surface area contributed by atoms with Crippen molar-refractivity contribution in [2.75, 3.05) is 6.54 Å². The zero-order valence-corrected chi connectivity index (χ0v) is 10.7. The predicted molar refractivity (Wildman–Crippen MR) is 68.7 cm³/mol. The Morgan fingerprint density at radius 2 is 1.95 bits per heavy atom. The van der Waals surface area contributed by atoms with Gasteiger partial charge >= 0.3 is 0 Å². The Kier molecular flexibility index (Phi) is 2.28. The summed E-state index contributed by atoms with van der Waals surface area (Å²) in [5, 5.41) is 3.46. The van der Waals surface area contributed by atoms with Crippen molar-refractivity contribution in [3.8, 4) is 0 Å². The molecule has 3 nitrogen and oxygen atoms in total. The molecule has 1 aromatic carbocycles. The molecule has 1 aliphatic heterocycles. The van der Waals surface area contributed by atoms with E-state index in [1.165, 1.54) is 25.0 Å². The SMILES string of the molecule is O=C1N(CC2CC2)C(c2ccc(F)cc2)NC12CC2. The van der Waals surface area contributed by atoms with Crippen molar-refractivity contribution in [1.82, 2.24) is 10.2 Å². The molecule has 2 aliphatic carbocycles. The molecule has 3 aliphatic rings. The topological polar surface area (TPSA) is 32.3 Å². The third-order valence-corrected chi connectivity index (χ3v) is 4.48. The second kappa shape index (κ2) is 3.79. The maximum atomic E-state index is 13.0. The van der Waals surface area contributed by atoms with E-state index in [0.717, 1.165) is 24.9 Å². The quantitative estimate of drug-likeness (QED) is 0.903. The van der Waals surface area contributed by atoms with Gasteiger partial charge in [-0.15, -0.1) is 0 Å². The van der Waals surface area contributed by atoms with Gasteiger partial charge in [-0.05, 0) is 49.3 Å². The van der Waals surface area contributed by atoms with Crippen molar-refractivity contribution in [3.63, 3.8) is 0 Å². The molecular weight excluding hydrogens is 243 g/mol. The summed E-state index contributed by atoms with van der Waals surface area (Å²) in [6, 6.07) is 6.49. The first-order valence-electron chi connectivity index (χ1n) is 7.02. The van der Waals surface area contributed by atoms with E-state index >= 15 is 0 Å². The average molecular weight is 260 g/mol. The van der Waals surface area contributed by atoms with Crippen molar-refractivity contribution in [1.29, 1.82) is 0 Å².